The molecule has 0 saturated carbocycles. The summed E-state index contributed by atoms with van der Waals surface area (Å²) in [5.74, 6) is 0.354. The van der Waals surface area contributed by atoms with E-state index in [2.05, 4.69) is 5.16 Å². The first-order chi connectivity index (χ1) is 7.18. The van der Waals surface area contributed by atoms with Crippen molar-refractivity contribution in [2.75, 3.05) is 24.7 Å². The van der Waals surface area contributed by atoms with Crippen LogP contribution in [0.25, 0.3) is 11.1 Å². The van der Waals surface area contributed by atoms with Crippen molar-refractivity contribution in [1.29, 1.82) is 0 Å². The predicted molar refractivity (Wildman–Crippen MR) is 60.7 cm³/mol. The summed E-state index contributed by atoms with van der Waals surface area (Å²) in [6.07, 6.45) is 1.62. The largest absolute Gasteiger partial charge is 0.378 e. The molecule has 1 aromatic carbocycles. The van der Waals surface area contributed by atoms with Gasteiger partial charge < -0.3 is 15.2 Å². The minimum absolute atomic E-state index is 0.354. The average Bonchev–Trinajstić information content (AvgIpc) is 2.65. The van der Waals surface area contributed by atoms with Crippen molar-refractivity contribution in [2.45, 2.75) is 0 Å². The van der Waals surface area contributed by atoms with E-state index in [1.54, 1.807) is 6.20 Å². The molecule has 0 aliphatic heterocycles. The maximum absolute atomic E-state index is 5.63. The number of nitrogens with zero attached hydrogens (tertiary/aromatic N) is 2. The fourth-order valence-electron chi connectivity index (χ4n) is 1.40. The van der Waals surface area contributed by atoms with E-state index in [4.69, 9.17) is 10.3 Å². The quantitative estimate of drug-likeness (QED) is 0.811. The molecule has 2 N–H and O–H groups in total. The van der Waals surface area contributed by atoms with E-state index in [0.29, 0.717) is 5.88 Å². The lowest BCUT2D eigenvalue weighted by atomic mass is 10.1. The lowest BCUT2D eigenvalue weighted by molar-refractivity contribution is 0.436. The second-order valence-corrected chi connectivity index (χ2v) is 3.55. The third-order valence-corrected chi connectivity index (χ3v) is 2.29. The molecule has 2 rings (SSSR count). The van der Waals surface area contributed by atoms with Crippen molar-refractivity contribution in [3.63, 3.8) is 0 Å². The molecule has 1 heterocycles. The highest BCUT2D eigenvalue weighted by molar-refractivity contribution is 5.73. The van der Waals surface area contributed by atoms with Crippen LogP contribution in [-0.4, -0.2) is 19.3 Å². The highest BCUT2D eigenvalue weighted by Gasteiger charge is 2.06. The number of benzene rings is 1. The predicted octanol–water partition coefficient (Wildman–Crippen LogP) is 1.99. The standard InChI is InChI=1S/C11H13N3O/c1-14(2)9-5-3-8(4-6-9)10-7-13-15-11(10)12/h3-7H,12H2,1-2H3. The Balaban J connectivity index is 2.36. The number of hydrogen-bond donors (Lipinski definition) is 1. The van der Waals surface area contributed by atoms with Gasteiger partial charge in [-0.15, -0.1) is 0 Å². The smallest absolute Gasteiger partial charge is 0.229 e. The van der Waals surface area contributed by atoms with Gasteiger partial charge in [-0.3, -0.25) is 0 Å². The van der Waals surface area contributed by atoms with Gasteiger partial charge in [-0.2, -0.15) is 0 Å². The molecular formula is C11H13N3O. The van der Waals surface area contributed by atoms with Crippen LogP contribution in [0.2, 0.25) is 0 Å². The van der Waals surface area contributed by atoms with Crippen LogP contribution in [0.15, 0.2) is 35.0 Å². The van der Waals surface area contributed by atoms with Crippen LogP contribution in [0.1, 0.15) is 0 Å². The molecule has 15 heavy (non-hydrogen) atoms. The van der Waals surface area contributed by atoms with Gasteiger partial charge in [0.25, 0.3) is 0 Å². The van der Waals surface area contributed by atoms with Crippen LogP contribution in [0.3, 0.4) is 0 Å². The molecule has 0 atom stereocenters. The van der Waals surface area contributed by atoms with Gasteiger partial charge in [0.05, 0.1) is 11.8 Å². The Hall–Kier alpha value is -1.97. The molecule has 4 nitrogen and oxygen atoms in total. The third-order valence-electron chi connectivity index (χ3n) is 2.29. The monoisotopic (exact) mass is 203 g/mol. The van der Waals surface area contributed by atoms with Gasteiger partial charge in [0.1, 0.15) is 0 Å². The van der Waals surface area contributed by atoms with Crippen molar-refractivity contribution in [3.8, 4) is 11.1 Å². The molecule has 0 fully saturated rings. The molecule has 0 spiro atoms. The highest BCUT2D eigenvalue weighted by atomic mass is 16.5. The van der Waals surface area contributed by atoms with E-state index in [1.165, 1.54) is 0 Å². The summed E-state index contributed by atoms with van der Waals surface area (Å²) in [5.41, 5.74) is 8.62. The number of hydrogen-bond acceptors (Lipinski definition) is 4. The first-order valence-corrected chi connectivity index (χ1v) is 4.66. The van der Waals surface area contributed by atoms with Gasteiger partial charge in [-0.05, 0) is 17.7 Å². The molecule has 0 aliphatic carbocycles. The third kappa shape index (κ3) is 1.79. The van der Waals surface area contributed by atoms with Crippen molar-refractivity contribution in [2.24, 2.45) is 0 Å². The van der Waals surface area contributed by atoms with Gasteiger partial charge in [0.15, 0.2) is 0 Å². The first-order valence-electron chi connectivity index (χ1n) is 4.66. The molecule has 0 bridgehead atoms. The summed E-state index contributed by atoms with van der Waals surface area (Å²) in [7, 11) is 4.01. The van der Waals surface area contributed by atoms with E-state index in [9.17, 15) is 0 Å². The Kier molecular flexibility index (Phi) is 2.33. The minimum atomic E-state index is 0.354. The van der Waals surface area contributed by atoms with E-state index in [0.717, 1.165) is 16.8 Å². The van der Waals surface area contributed by atoms with Crippen LogP contribution >= 0.6 is 0 Å². The van der Waals surface area contributed by atoms with Crippen molar-refractivity contribution < 1.29 is 4.52 Å². The Bertz CT molecular complexity index is 445. The van der Waals surface area contributed by atoms with Crippen LogP contribution in [0, 0.1) is 0 Å². The lowest BCUT2D eigenvalue weighted by Crippen LogP contribution is -2.07. The van der Waals surface area contributed by atoms with Gasteiger partial charge in [-0.1, -0.05) is 17.3 Å². The second-order valence-electron chi connectivity index (χ2n) is 3.55. The molecule has 0 saturated heterocycles. The maximum atomic E-state index is 5.63. The first kappa shape index (κ1) is 9.58. The van der Waals surface area contributed by atoms with Crippen molar-refractivity contribution in [1.82, 2.24) is 5.16 Å². The Morgan fingerprint density at radius 3 is 2.33 bits per heavy atom. The Morgan fingerprint density at radius 1 is 1.20 bits per heavy atom. The van der Waals surface area contributed by atoms with E-state index in [1.807, 2.05) is 43.3 Å². The van der Waals surface area contributed by atoms with Crippen LogP contribution in [0.4, 0.5) is 11.6 Å². The summed E-state index contributed by atoms with van der Waals surface area (Å²) in [6.45, 7) is 0. The minimum Gasteiger partial charge on any atom is -0.378 e. The fraction of sp³-hybridized carbons (Fsp3) is 0.182. The molecule has 2 aromatic rings. The average molecular weight is 203 g/mol. The lowest BCUT2D eigenvalue weighted by Gasteiger charge is -2.12. The maximum Gasteiger partial charge on any atom is 0.229 e. The zero-order valence-corrected chi connectivity index (χ0v) is 8.77. The summed E-state index contributed by atoms with van der Waals surface area (Å²) in [6, 6.07) is 8.06. The number of nitrogen functional groups attached to an aromatic ring is 1. The van der Waals surface area contributed by atoms with Crippen molar-refractivity contribution >= 4 is 11.6 Å². The zero-order valence-electron chi connectivity index (χ0n) is 8.77. The molecule has 0 aliphatic rings. The summed E-state index contributed by atoms with van der Waals surface area (Å²) in [4.78, 5) is 2.04. The van der Waals surface area contributed by atoms with Crippen LogP contribution in [-0.2, 0) is 0 Å². The molecule has 0 amide bonds. The molecule has 4 heteroatoms. The molecular weight excluding hydrogens is 190 g/mol. The Labute approximate surface area is 88.3 Å². The van der Waals surface area contributed by atoms with Gasteiger partial charge in [-0.25, -0.2) is 0 Å². The van der Waals surface area contributed by atoms with E-state index < -0.39 is 0 Å². The number of rotatable bonds is 2. The fourth-order valence-corrected chi connectivity index (χ4v) is 1.40. The molecule has 0 radical (unpaired) electrons. The van der Waals surface area contributed by atoms with Crippen molar-refractivity contribution in [3.05, 3.63) is 30.5 Å². The van der Waals surface area contributed by atoms with Crippen LogP contribution in [0.5, 0.6) is 0 Å². The number of anilines is 2. The SMILES string of the molecule is CN(C)c1ccc(-c2cnoc2N)cc1. The zero-order chi connectivity index (χ0) is 10.8. The van der Waals surface area contributed by atoms with Crippen LogP contribution < -0.4 is 10.6 Å². The summed E-state index contributed by atoms with van der Waals surface area (Å²) in [5, 5.41) is 3.65. The van der Waals surface area contributed by atoms with Gasteiger partial charge in [0, 0.05) is 19.8 Å². The summed E-state index contributed by atoms with van der Waals surface area (Å²) < 4.78 is 4.81. The normalized spacial score (nSPS) is 10.3. The van der Waals surface area contributed by atoms with E-state index >= 15 is 0 Å². The highest BCUT2D eigenvalue weighted by Crippen LogP contribution is 2.26. The topological polar surface area (TPSA) is 55.3 Å². The number of nitrogens with two attached hydrogens (primary N) is 1. The molecule has 0 unspecified atom stereocenters. The van der Waals surface area contributed by atoms with Gasteiger partial charge in [0.2, 0.25) is 5.88 Å². The second kappa shape index (κ2) is 3.65. The van der Waals surface area contributed by atoms with Gasteiger partial charge >= 0.3 is 0 Å². The van der Waals surface area contributed by atoms with E-state index in [-0.39, 0.29) is 0 Å². The molecule has 78 valence electrons. The summed E-state index contributed by atoms with van der Waals surface area (Å²) >= 11 is 0. The Morgan fingerprint density at radius 2 is 1.87 bits per heavy atom. The molecule has 1 aromatic heterocycles. The number of aromatic nitrogens is 1.